The largest absolute Gasteiger partial charge is 0.396 e. The summed E-state index contributed by atoms with van der Waals surface area (Å²) >= 11 is 0. The fourth-order valence-electron chi connectivity index (χ4n) is 3.52. The highest BCUT2D eigenvalue weighted by molar-refractivity contribution is 4.87. The van der Waals surface area contributed by atoms with Crippen molar-refractivity contribution >= 4 is 0 Å². The van der Waals surface area contributed by atoms with Gasteiger partial charge in [-0.2, -0.15) is 0 Å². The van der Waals surface area contributed by atoms with Gasteiger partial charge in [0.2, 0.25) is 0 Å². The van der Waals surface area contributed by atoms with E-state index in [1.165, 1.54) is 32.1 Å². The Morgan fingerprint density at radius 3 is 2.94 bits per heavy atom. The van der Waals surface area contributed by atoms with Crippen molar-refractivity contribution in [2.75, 3.05) is 26.4 Å². The van der Waals surface area contributed by atoms with Crippen LogP contribution >= 0.6 is 0 Å². The van der Waals surface area contributed by atoms with Gasteiger partial charge in [-0.3, -0.25) is 0 Å². The minimum atomic E-state index is 0.202. The first kappa shape index (κ1) is 14.3. The maximum absolute atomic E-state index is 9.23. The third kappa shape index (κ3) is 3.69. The Kier molecular flexibility index (Phi) is 5.46. The van der Waals surface area contributed by atoms with Crippen LogP contribution in [0.2, 0.25) is 0 Å². The van der Waals surface area contributed by atoms with Crippen LogP contribution in [0.1, 0.15) is 51.9 Å². The summed E-state index contributed by atoms with van der Waals surface area (Å²) in [6, 6.07) is 0.694. The minimum absolute atomic E-state index is 0.202. The van der Waals surface area contributed by atoms with Gasteiger partial charge in [-0.05, 0) is 31.6 Å². The van der Waals surface area contributed by atoms with Crippen molar-refractivity contribution in [3.8, 4) is 0 Å². The second-order valence-electron chi connectivity index (χ2n) is 6.29. The minimum Gasteiger partial charge on any atom is -0.396 e. The lowest BCUT2D eigenvalue weighted by molar-refractivity contribution is 0.118. The maximum atomic E-state index is 9.23. The monoisotopic (exact) mass is 255 g/mol. The molecule has 1 aliphatic heterocycles. The van der Waals surface area contributed by atoms with Gasteiger partial charge in [0.15, 0.2) is 0 Å². The predicted octanol–water partition coefficient (Wildman–Crippen LogP) is 2.33. The van der Waals surface area contributed by atoms with Gasteiger partial charge < -0.3 is 15.2 Å². The van der Waals surface area contributed by atoms with E-state index in [0.717, 1.165) is 38.5 Å². The average molecular weight is 255 g/mol. The van der Waals surface area contributed by atoms with Crippen LogP contribution in [0.5, 0.6) is 0 Å². The lowest BCUT2D eigenvalue weighted by Crippen LogP contribution is -2.42. The third-order valence-electron chi connectivity index (χ3n) is 4.95. The van der Waals surface area contributed by atoms with Gasteiger partial charge in [-0.1, -0.05) is 26.2 Å². The molecule has 3 atom stereocenters. The lowest BCUT2D eigenvalue weighted by Gasteiger charge is -2.33. The number of hydrogen-bond donors (Lipinski definition) is 2. The zero-order chi connectivity index (χ0) is 12.8. The van der Waals surface area contributed by atoms with Crippen LogP contribution in [0.25, 0.3) is 0 Å². The predicted molar refractivity (Wildman–Crippen MR) is 73.6 cm³/mol. The molecule has 3 unspecified atom stereocenters. The number of aliphatic hydroxyl groups excluding tert-OH is 1. The molecule has 0 aromatic rings. The van der Waals surface area contributed by atoms with Crippen LogP contribution in [0, 0.1) is 11.3 Å². The number of rotatable bonds is 6. The maximum Gasteiger partial charge on any atom is 0.0536 e. The third-order valence-corrected chi connectivity index (χ3v) is 4.95. The summed E-state index contributed by atoms with van der Waals surface area (Å²) in [4.78, 5) is 0. The summed E-state index contributed by atoms with van der Waals surface area (Å²) in [5.74, 6) is 0.921. The van der Waals surface area contributed by atoms with E-state index in [0.29, 0.717) is 6.04 Å². The molecule has 2 N–H and O–H groups in total. The molecule has 1 heterocycles. The fraction of sp³-hybridized carbons (Fsp3) is 1.00. The number of aliphatic hydroxyl groups is 1. The van der Waals surface area contributed by atoms with Crippen LogP contribution in [0.3, 0.4) is 0 Å². The van der Waals surface area contributed by atoms with Crippen molar-refractivity contribution in [2.24, 2.45) is 11.3 Å². The smallest absolute Gasteiger partial charge is 0.0536 e. The summed E-state index contributed by atoms with van der Waals surface area (Å²) in [6.45, 7) is 5.31. The molecule has 0 radical (unpaired) electrons. The lowest BCUT2D eigenvalue weighted by atomic mass is 9.81. The Morgan fingerprint density at radius 2 is 2.28 bits per heavy atom. The number of ether oxygens (including phenoxy) is 1. The van der Waals surface area contributed by atoms with E-state index in [-0.39, 0.29) is 12.0 Å². The number of nitrogens with one attached hydrogen (secondary N) is 1. The van der Waals surface area contributed by atoms with Gasteiger partial charge >= 0.3 is 0 Å². The second kappa shape index (κ2) is 6.88. The second-order valence-corrected chi connectivity index (χ2v) is 6.29. The molecule has 1 saturated carbocycles. The molecule has 18 heavy (non-hydrogen) atoms. The quantitative estimate of drug-likeness (QED) is 0.765. The topological polar surface area (TPSA) is 41.5 Å². The van der Waals surface area contributed by atoms with Gasteiger partial charge in [0.1, 0.15) is 0 Å². The van der Waals surface area contributed by atoms with Gasteiger partial charge in [0, 0.05) is 31.2 Å². The zero-order valence-corrected chi connectivity index (χ0v) is 11.8. The number of hydrogen-bond acceptors (Lipinski definition) is 3. The Labute approximate surface area is 111 Å². The zero-order valence-electron chi connectivity index (χ0n) is 11.8. The average Bonchev–Trinajstić information content (AvgIpc) is 2.86. The van der Waals surface area contributed by atoms with Crippen LogP contribution in [0.15, 0.2) is 0 Å². The molecule has 3 nitrogen and oxygen atoms in total. The molecule has 2 fully saturated rings. The Hall–Kier alpha value is -0.120. The normalized spacial score (nSPS) is 37.0. The highest BCUT2D eigenvalue weighted by atomic mass is 16.5. The molecular weight excluding hydrogens is 226 g/mol. The van der Waals surface area contributed by atoms with E-state index in [2.05, 4.69) is 12.2 Å². The first-order valence-electron chi connectivity index (χ1n) is 7.70. The van der Waals surface area contributed by atoms with E-state index in [4.69, 9.17) is 4.74 Å². The molecule has 0 bridgehead atoms. The van der Waals surface area contributed by atoms with Gasteiger partial charge in [-0.15, -0.1) is 0 Å². The highest BCUT2D eigenvalue weighted by Crippen LogP contribution is 2.33. The molecule has 1 aliphatic carbocycles. The van der Waals surface area contributed by atoms with E-state index >= 15 is 0 Å². The van der Waals surface area contributed by atoms with E-state index in [9.17, 15) is 5.11 Å². The van der Waals surface area contributed by atoms with Gasteiger partial charge in [0.25, 0.3) is 0 Å². The van der Waals surface area contributed by atoms with Crippen LogP contribution in [0.4, 0.5) is 0 Å². The van der Waals surface area contributed by atoms with Crippen molar-refractivity contribution in [3.05, 3.63) is 0 Å². The Bertz CT molecular complexity index is 239. The molecule has 2 aliphatic rings. The van der Waals surface area contributed by atoms with Gasteiger partial charge in [-0.25, -0.2) is 0 Å². The molecule has 2 rings (SSSR count). The molecule has 1 saturated heterocycles. The Morgan fingerprint density at radius 1 is 1.39 bits per heavy atom. The SMILES string of the molecule is CCC1CCCC(NCC2(CCO)CCOC2)C1. The molecule has 0 aromatic heterocycles. The van der Waals surface area contributed by atoms with Crippen molar-refractivity contribution in [3.63, 3.8) is 0 Å². The summed E-state index contributed by atoms with van der Waals surface area (Å²) in [6.07, 6.45) is 8.76. The van der Waals surface area contributed by atoms with Crippen molar-refractivity contribution in [2.45, 2.75) is 57.9 Å². The Balaban J connectivity index is 1.78. The van der Waals surface area contributed by atoms with E-state index < -0.39 is 0 Å². The summed E-state index contributed by atoms with van der Waals surface area (Å²) in [5.41, 5.74) is 0.202. The molecular formula is C15H29NO2. The van der Waals surface area contributed by atoms with E-state index in [1.54, 1.807) is 0 Å². The van der Waals surface area contributed by atoms with E-state index in [1.807, 2.05) is 0 Å². The highest BCUT2D eigenvalue weighted by Gasteiger charge is 2.35. The first-order valence-corrected chi connectivity index (χ1v) is 7.70. The van der Waals surface area contributed by atoms with Crippen molar-refractivity contribution in [1.82, 2.24) is 5.32 Å². The van der Waals surface area contributed by atoms with Gasteiger partial charge in [0.05, 0.1) is 6.61 Å². The molecule has 3 heteroatoms. The summed E-state index contributed by atoms with van der Waals surface area (Å²) in [7, 11) is 0. The molecule has 106 valence electrons. The molecule has 0 amide bonds. The van der Waals surface area contributed by atoms with Crippen LogP contribution < -0.4 is 5.32 Å². The standard InChI is InChI=1S/C15H29NO2/c1-2-13-4-3-5-14(10-13)16-11-15(6-8-17)7-9-18-12-15/h13-14,16-17H,2-12H2,1H3. The fourth-order valence-corrected chi connectivity index (χ4v) is 3.52. The van der Waals surface area contributed by atoms with Crippen LogP contribution in [-0.4, -0.2) is 37.5 Å². The molecule has 0 spiro atoms. The molecule has 0 aromatic carbocycles. The summed E-state index contributed by atoms with van der Waals surface area (Å²) in [5, 5.41) is 13.0. The van der Waals surface area contributed by atoms with Crippen LogP contribution in [-0.2, 0) is 4.74 Å². The van der Waals surface area contributed by atoms with Crippen molar-refractivity contribution in [1.29, 1.82) is 0 Å². The van der Waals surface area contributed by atoms with Crippen molar-refractivity contribution < 1.29 is 9.84 Å². The summed E-state index contributed by atoms with van der Waals surface area (Å²) < 4.78 is 5.54. The first-order chi connectivity index (χ1) is 8.78.